The molecule has 30 heavy (non-hydrogen) atoms. The minimum absolute atomic E-state index is 0.482. The van der Waals surface area contributed by atoms with E-state index >= 15 is 0 Å². The zero-order valence-electron chi connectivity index (χ0n) is 16.2. The Morgan fingerprint density at radius 1 is 0.733 bits per heavy atom. The summed E-state index contributed by atoms with van der Waals surface area (Å²) in [5.74, 6) is 1.09. The van der Waals surface area contributed by atoms with Crippen molar-refractivity contribution in [1.29, 1.82) is 0 Å². The number of tetrazole rings is 1. The van der Waals surface area contributed by atoms with Crippen LogP contribution in [0.25, 0.3) is 33.8 Å². The van der Waals surface area contributed by atoms with E-state index in [0.29, 0.717) is 18.2 Å². The molecule has 0 atom stereocenters. The number of nitrogen functional groups attached to an aromatic ring is 1. The van der Waals surface area contributed by atoms with Gasteiger partial charge in [-0.15, -0.1) is 10.2 Å². The molecule has 0 amide bonds. The first-order chi connectivity index (χ1) is 14.8. The first kappa shape index (κ1) is 17.9. The van der Waals surface area contributed by atoms with Gasteiger partial charge in [0.1, 0.15) is 5.82 Å². The van der Waals surface area contributed by atoms with E-state index in [-0.39, 0.29) is 0 Å². The summed E-state index contributed by atoms with van der Waals surface area (Å²) in [7, 11) is 0. The Kier molecular flexibility index (Phi) is 4.57. The van der Waals surface area contributed by atoms with Crippen molar-refractivity contribution < 1.29 is 0 Å². The molecule has 0 aliphatic rings. The maximum atomic E-state index is 6.76. The lowest BCUT2D eigenvalue weighted by Gasteiger charge is -2.13. The fourth-order valence-electron chi connectivity index (χ4n) is 3.84. The van der Waals surface area contributed by atoms with Crippen molar-refractivity contribution in [3.05, 3.63) is 96.6 Å². The minimum Gasteiger partial charge on any atom is -0.384 e. The molecular weight excluding hydrogens is 372 g/mol. The van der Waals surface area contributed by atoms with Crippen LogP contribution in [-0.2, 0) is 6.54 Å². The van der Waals surface area contributed by atoms with E-state index in [4.69, 9.17) is 5.73 Å². The van der Waals surface area contributed by atoms with Crippen molar-refractivity contribution >= 4 is 5.82 Å². The quantitative estimate of drug-likeness (QED) is 0.456. The van der Waals surface area contributed by atoms with Crippen LogP contribution in [-0.4, -0.2) is 25.2 Å². The third kappa shape index (κ3) is 3.14. The minimum atomic E-state index is 0.482. The highest BCUT2D eigenvalue weighted by atomic mass is 15.5. The smallest absolute Gasteiger partial charge is 0.209 e. The van der Waals surface area contributed by atoms with E-state index in [9.17, 15) is 0 Å². The molecule has 0 spiro atoms. The van der Waals surface area contributed by atoms with Gasteiger partial charge in [-0.3, -0.25) is 0 Å². The van der Waals surface area contributed by atoms with Gasteiger partial charge < -0.3 is 10.3 Å². The molecule has 5 aromatic rings. The van der Waals surface area contributed by atoms with Crippen LogP contribution in [0.15, 0.2) is 91.0 Å². The maximum absolute atomic E-state index is 6.76. The van der Waals surface area contributed by atoms with E-state index in [2.05, 4.69) is 61.6 Å². The Balaban J connectivity index is 1.84. The highest BCUT2D eigenvalue weighted by molar-refractivity contribution is 5.98. The summed E-state index contributed by atoms with van der Waals surface area (Å²) in [6.45, 7) is 0.634. The second-order valence-electron chi connectivity index (χ2n) is 7.02. The fraction of sp³-hybridized carbons (Fsp3) is 0.0417. The lowest BCUT2D eigenvalue weighted by atomic mass is 9.97. The second-order valence-corrected chi connectivity index (χ2v) is 7.02. The van der Waals surface area contributed by atoms with Gasteiger partial charge in [0.15, 0.2) is 0 Å². The third-order valence-electron chi connectivity index (χ3n) is 5.17. The Labute approximate surface area is 174 Å². The van der Waals surface area contributed by atoms with Crippen LogP contribution in [0.2, 0.25) is 0 Å². The van der Waals surface area contributed by atoms with Gasteiger partial charge in [0.05, 0.1) is 11.3 Å². The molecule has 5 rings (SSSR count). The molecule has 3 N–H and O–H groups in total. The number of nitrogens with two attached hydrogens (primary N) is 1. The van der Waals surface area contributed by atoms with Crippen molar-refractivity contribution in [3.8, 4) is 33.8 Å². The number of aromatic nitrogens is 5. The normalized spacial score (nSPS) is 10.9. The van der Waals surface area contributed by atoms with Crippen molar-refractivity contribution in [1.82, 2.24) is 25.2 Å². The first-order valence-corrected chi connectivity index (χ1v) is 9.73. The second kappa shape index (κ2) is 7.67. The summed E-state index contributed by atoms with van der Waals surface area (Å²) in [5.41, 5.74) is 12.9. The number of rotatable bonds is 5. The Hall–Kier alpha value is -4.19. The topological polar surface area (TPSA) is 85.4 Å². The van der Waals surface area contributed by atoms with E-state index < -0.39 is 0 Å². The van der Waals surface area contributed by atoms with Crippen LogP contribution in [0, 0.1) is 0 Å². The SMILES string of the molecule is Nc1c(-c2nn[nH]n2)c(-c2ccccc2)c(-c2ccccc2)n1Cc1ccccc1. The molecule has 0 saturated carbocycles. The van der Waals surface area contributed by atoms with Gasteiger partial charge in [-0.1, -0.05) is 91.0 Å². The van der Waals surface area contributed by atoms with Crippen LogP contribution < -0.4 is 5.73 Å². The van der Waals surface area contributed by atoms with Crippen LogP contribution in [0.3, 0.4) is 0 Å². The Morgan fingerprint density at radius 3 is 1.93 bits per heavy atom. The summed E-state index contributed by atoms with van der Waals surface area (Å²) in [5, 5.41) is 14.8. The zero-order chi connectivity index (χ0) is 20.3. The molecule has 0 bridgehead atoms. The van der Waals surface area contributed by atoms with Crippen LogP contribution in [0.4, 0.5) is 5.82 Å². The first-order valence-electron chi connectivity index (χ1n) is 9.73. The molecule has 2 aromatic heterocycles. The molecule has 0 aliphatic heterocycles. The monoisotopic (exact) mass is 392 g/mol. The maximum Gasteiger partial charge on any atom is 0.209 e. The van der Waals surface area contributed by atoms with Gasteiger partial charge in [0.2, 0.25) is 5.82 Å². The molecule has 2 heterocycles. The molecule has 0 unspecified atom stereocenters. The summed E-state index contributed by atoms with van der Waals surface area (Å²) >= 11 is 0. The summed E-state index contributed by atoms with van der Waals surface area (Å²) in [6.07, 6.45) is 0. The van der Waals surface area contributed by atoms with E-state index in [0.717, 1.165) is 33.5 Å². The lowest BCUT2D eigenvalue weighted by molar-refractivity contribution is 0.826. The zero-order valence-corrected chi connectivity index (χ0v) is 16.2. The largest absolute Gasteiger partial charge is 0.384 e. The van der Waals surface area contributed by atoms with Crippen molar-refractivity contribution in [2.75, 3.05) is 5.73 Å². The fourth-order valence-corrected chi connectivity index (χ4v) is 3.84. The average Bonchev–Trinajstić information content (AvgIpc) is 3.42. The van der Waals surface area contributed by atoms with Crippen molar-refractivity contribution in [2.45, 2.75) is 6.54 Å². The number of aromatic amines is 1. The number of hydrogen-bond donors (Lipinski definition) is 2. The molecule has 6 nitrogen and oxygen atoms in total. The molecule has 146 valence electrons. The molecule has 3 aromatic carbocycles. The van der Waals surface area contributed by atoms with Crippen LogP contribution in [0.1, 0.15) is 5.56 Å². The number of H-pyrrole nitrogens is 1. The highest BCUT2D eigenvalue weighted by Gasteiger charge is 2.26. The summed E-state index contributed by atoms with van der Waals surface area (Å²) in [4.78, 5) is 0. The molecule has 0 saturated heterocycles. The predicted octanol–water partition coefficient (Wildman–Crippen LogP) is 4.63. The molecule has 0 radical (unpaired) electrons. The number of hydrogen-bond acceptors (Lipinski definition) is 4. The standard InChI is InChI=1S/C24H20N6/c25-23-21(24-26-28-29-27-24)20(18-12-6-2-7-13-18)22(19-14-8-3-9-15-19)30(23)16-17-10-4-1-5-11-17/h1-15H,16,25H2,(H,26,27,28,29). The number of benzene rings is 3. The average molecular weight is 392 g/mol. The molecule has 0 fully saturated rings. The van der Waals surface area contributed by atoms with Gasteiger partial charge >= 0.3 is 0 Å². The van der Waals surface area contributed by atoms with Crippen molar-refractivity contribution in [3.63, 3.8) is 0 Å². The van der Waals surface area contributed by atoms with E-state index in [1.165, 1.54) is 0 Å². The van der Waals surface area contributed by atoms with Gasteiger partial charge in [0, 0.05) is 12.1 Å². The summed E-state index contributed by atoms with van der Waals surface area (Å²) < 4.78 is 2.14. The Morgan fingerprint density at radius 2 is 1.33 bits per heavy atom. The van der Waals surface area contributed by atoms with Crippen LogP contribution >= 0.6 is 0 Å². The van der Waals surface area contributed by atoms with Gasteiger partial charge in [0.25, 0.3) is 0 Å². The molecular formula is C24H20N6. The van der Waals surface area contributed by atoms with E-state index in [1.807, 2.05) is 54.6 Å². The van der Waals surface area contributed by atoms with E-state index in [1.54, 1.807) is 0 Å². The van der Waals surface area contributed by atoms with Crippen LogP contribution in [0.5, 0.6) is 0 Å². The van der Waals surface area contributed by atoms with Crippen molar-refractivity contribution in [2.24, 2.45) is 0 Å². The number of anilines is 1. The Bertz CT molecular complexity index is 1240. The number of nitrogens with one attached hydrogen (secondary N) is 1. The molecule has 0 aliphatic carbocycles. The summed E-state index contributed by atoms with van der Waals surface area (Å²) in [6, 6.07) is 30.8. The molecule has 6 heteroatoms. The van der Waals surface area contributed by atoms with Gasteiger partial charge in [-0.25, -0.2) is 0 Å². The third-order valence-corrected chi connectivity index (χ3v) is 5.17. The van der Waals surface area contributed by atoms with Gasteiger partial charge in [-0.05, 0) is 21.9 Å². The predicted molar refractivity (Wildman–Crippen MR) is 118 cm³/mol. The highest BCUT2D eigenvalue weighted by Crippen LogP contribution is 2.45. The number of nitrogens with zero attached hydrogens (tertiary/aromatic N) is 4. The van der Waals surface area contributed by atoms with Gasteiger partial charge in [-0.2, -0.15) is 5.21 Å². The lowest BCUT2D eigenvalue weighted by Crippen LogP contribution is -2.06.